The summed E-state index contributed by atoms with van der Waals surface area (Å²) < 4.78 is 5.97. The third-order valence-corrected chi connectivity index (χ3v) is 5.87. The lowest BCUT2D eigenvalue weighted by Gasteiger charge is -2.54. The molecule has 1 spiro atoms. The molecule has 0 bridgehead atoms. The topological polar surface area (TPSA) is 95.1 Å². The highest BCUT2D eigenvalue weighted by molar-refractivity contribution is 6.01. The highest BCUT2D eigenvalue weighted by Gasteiger charge is 2.56. The molecular weight excluding hydrogens is 334 g/mol. The number of hydrogen-bond donors (Lipinski definition) is 3. The molecule has 146 valence electrons. The fraction of sp³-hybridized carbons (Fsp3) is 0.833. The summed E-state index contributed by atoms with van der Waals surface area (Å²) in [5.74, 6) is 0.567. The first-order valence-corrected chi connectivity index (χ1v) is 9.85. The number of aliphatic imine (C=N–C) groups is 1. The third kappa shape index (κ3) is 3.65. The second-order valence-corrected chi connectivity index (χ2v) is 7.28. The summed E-state index contributed by atoms with van der Waals surface area (Å²) >= 11 is 0. The van der Waals surface area contributed by atoms with Crippen LogP contribution in [0.2, 0.25) is 0 Å². The van der Waals surface area contributed by atoms with Crippen LogP contribution in [0.15, 0.2) is 4.99 Å². The lowest BCUT2D eigenvalue weighted by Crippen LogP contribution is -2.65. The summed E-state index contributed by atoms with van der Waals surface area (Å²) in [6.45, 7) is 6.41. The van der Waals surface area contributed by atoms with Gasteiger partial charge in [-0.2, -0.15) is 0 Å². The second-order valence-electron chi connectivity index (χ2n) is 7.28. The van der Waals surface area contributed by atoms with Gasteiger partial charge in [-0.05, 0) is 33.1 Å². The molecule has 0 radical (unpaired) electrons. The Bertz CT molecular complexity index is 543. The molecule has 3 amide bonds. The van der Waals surface area contributed by atoms with Crippen molar-refractivity contribution in [3.63, 3.8) is 0 Å². The number of rotatable bonds is 7. The van der Waals surface area contributed by atoms with Crippen molar-refractivity contribution in [2.75, 3.05) is 32.8 Å². The number of urea groups is 1. The molecule has 2 atom stereocenters. The van der Waals surface area contributed by atoms with Crippen LogP contribution in [-0.4, -0.2) is 67.7 Å². The SMILES string of the molecule is CCNC(=NCCN1C(=O)CNC1=O)NC1CC(OCC)C12CCCC2. The number of imide groups is 1. The largest absolute Gasteiger partial charge is 0.378 e. The van der Waals surface area contributed by atoms with E-state index in [1.807, 2.05) is 6.92 Å². The number of carbonyl (C=O) groups is 2. The standard InChI is InChI=1S/C18H31N5O3/c1-3-19-16(20-9-10-23-15(24)12-21-17(23)25)22-13-11-14(26-4-2)18(13)7-5-6-8-18/h13-14H,3-12H2,1-2H3,(H,21,25)(H2,19,20,22). The van der Waals surface area contributed by atoms with E-state index in [2.05, 4.69) is 27.9 Å². The Balaban J connectivity index is 1.57. The Kier molecular flexibility index (Phi) is 6.01. The zero-order chi connectivity index (χ0) is 18.6. The monoisotopic (exact) mass is 365 g/mol. The molecule has 3 aliphatic rings. The molecule has 1 saturated heterocycles. The maximum absolute atomic E-state index is 11.6. The third-order valence-electron chi connectivity index (χ3n) is 5.87. The summed E-state index contributed by atoms with van der Waals surface area (Å²) in [6, 6.07) is 0.0442. The van der Waals surface area contributed by atoms with Crippen LogP contribution in [0.4, 0.5) is 4.79 Å². The molecule has 3 rings (SSSR count). The minimum atomic E-state index is -0.327. The van der Waals surface area contributed by atoms with Crippen LogP contribution in [0.3, 0.4) is 0 Å². The van der Waals surface area contributed by atoms with Crippen molar-refractivity contribution in [3.05, 3.63) is 0 Å². The lowest BCUT2D eigenvalue weighted by atomic mass is 9.60. The van der Waals surface area contributed by atoms with Gasteiger partial charge < -0.3 is 20.7 Å². The number of guanidine groups is 1. The highest BCUT2D eigenvalue weighted by atomic mass is 16.5. The van der Waals surface area contributed by atoms with Crippen molar-refractivity contribution < 1.29 is 14.3 Å². The fourth-order valence-electron chi connectivity index (χ4n) is 4.52. The molecule has 26 heavy (non-hydrogen) atoms. The number of amides is 3. The van der Waals surface area contributed by atoms with Gasteiger partial charge in [0.2, 0.25) is 5.91 Å². The van der Waals surface area contributed by atoms with E-state index in [4.69, 9.17) is 4.74 Å². The minimum Gasteiger partial charge on any atom is -0.378 e. The van der Waals surface area contributed by atoms with E-state index in [-0.39, 0.29) is 23.9 Å². The van der Waals surface area contributed by atoms with Crippen LogP contribution >= 0.6 is 0 Å². The average molecular weight is 365 g/mol. The Morgan fingerprint density at radius 3 is 2.73 bits per heavy atom. The molecule has 3 fully saturated rings. The summed E-state index contributed by atoms with van der Waals surface area (Å²) in [6.07, 6.45) is 6.30. The van der Waals surface area contributed by atoms with Crippen molar-refractivity contribution in [1.29, 1.82) is 0 Å². The van der Waals surface area contributed by atoms with E-state index in [0.717, 1.165) is 25.5 Å². The Hall–Kier alpha value is -1.83. The van der Waals surface area contributed by atoms with Gasteiger partial charge in [0.25, 0.3) is 0 Å². The van der Waals surface area contributed by atoms with E-state index in [9.17, 15) is 9.59 Å². The second kappa shape index (κ2) is 8.24. The number of carbonyl (C=O) groups excluding carboxylic acids is 2. The summed E-state index contributed by atoms with van der Waals surface area (Å²) in [5.41, 5.74) is 0.233. The van der Waals surface area contributed by atoms with Gasteiger partial charge in [-0.25, -0.2) is 4.79 Å². The smallest absolute Gasteiger partial charge is 0.324 e. The molecular formula is C18H31N5O3. The zero-order valence-corrected chi connectivity index (χ0v) is 15.8. The van der Waals surface area contributed by atoms with Gasteiger partial charge in [0.05, 0.1) is 25.7 Å². The maximum atomic E-state index is 11.6. The molecule has 8 nitrogen and oxygen atoms in total. The van der Waals surface area contributed by atoms with E-state index in [1.165, 1.54) is 30.6 Å². The van der Waals surface area contributed by atoms with Crippen molar-refractivity contribution in [2.45, 2.75) is 58.1 Å². The zero-order valence-electron chi connectivity index (χ0n) is 15.8. The van der Waals surface area contributed by atoms with Gasteiger partial charge in [-0.3, -0.25) is 14.7 Å². The molecule has 1 aliphatic heterocycles. The van der Waals surface area contributed by atoms with Crippen LogP contribution in [0.5, 0.6) is 0 Å². The number of nitrogens with one attached hydrogen (secondary N) is 3. The molecule has 3 N–H and O–H groups in total. The van der Waals surface area contributed by atoms with Gasteiger partial charge in [-0.15, -0.1) is 0 Å². The van der Waals surface area contributed by atoms with Gasteiger partial charge in [0, 0.05) is 24.6 Å². The number of hydrogen-bond acceptors (Lipinski definition) is 4. The van der Waals surface area contributed by atoms with E-state index < -0.39 is 0 Å². The van der Waals surface area contributed by atoms with Crippen LogP contribution in [0.1, 0.15) is 46.0 Å². The van der Waals surface area contributed by atoms with Crippen LogP contribution in [-0.2, 0) is 9.53 Å². The van der Waals surface area contributed by atoms with Crippen molar-refractivity contribution >= 4 is 17.9 Å². The quantitative estimate of drug-likeness (QED) is 0.353. The predicted molar refractivity (Wildman–Crippen MR) is 98.9 cm³/mol. The van der Waals surface area contributed by atoms with E-state index in [1.54, 1.807) is 0 Å². The van der Waals surface area contributed by atoms with Crippen LogP contribution in [0, 0.1) is 5.41 Å². The molecule has 0 aromatic carbocycles. The summed E-state index contributed by atoms with van der Waals surface area (Å²) in [7, 11) is 0. The lowest BCUT2D eigenvalue weighted by molar-refractivity contribution is -0.126. The van der Waals surface area contributed by atoms with Gasteiger partial charge in [-0.1, -0.05) is 12.8 Å². The molecule has 2 aliphatic carbocycles. The van der Waals surface area contributed by atoms with E-state index in [0.29, 0.717) is 25.2 Å². The molecule has 0 aromatic rings. The van der Waals surface area contributed by atoms with Crippen molar-refractivity contribution in [1.82, 2.24) is 20.9 Å². The average Bonchev–Trinajstić information content (AvgIpc) is 3.25. The van der Waals surface area contributed by atoms with Crippen LogP contribution in [0.25, 0.3) is 0 Å². The Morgan fingerprint density at radius 2 is 2.12 bits per heavy atom. The molecule has 0 aromatic heterocycles. The minimum absolute atomic E-state index is 0.0876. The highest BCUT2D eigenvalue weighted by Crippen LogP contribution is 2.54. The van der Waals surface area contributed by atoms with Crippen molar-refractivity contribution in [3.8, 4) is 0 Å². The van der Waals surface area contributed by atoms with Gasteiger partial charge in [0.15, 0.2) is 5.96 Å². The maximum Gasteiger partial charge on any atom is 0.324 e. The molecule has 2 saturated carbocycles. The first-order valence-electron chi connectivity index (χ1n) is 9.85. The predicted octanol–water partition coefficient (Wildman–Crippen LogP) is 0.831. The molecule has 1 heterocycles. The molecule has 8 heteroatoms. The Morgan fingerprint density at radius 1 is 1.35 bits per heavy atom. The first kappa shape index (κ1) is 18.9. The van der Waals surface area contributed by atoms with E-state index >= 15 is 0 Å². The number of ether oxygens (including phenoxy) is 1. The van der Waals surface area contributed by atoms with Gasteiger partial charge in [0.1, 0.15) is 0 Å². The summed E-state index contributed by atoms with van der Waals surface area (Å²) in [4.78, 5) is 29.0. The summed E-state index contributed by atoms with van der Waals surface area (Å²) in [5, 5.41) is 9.38. The fourth-order valence-corrected chi connectivity index (χ4v) is 4.52. The normalized spacial score (nSPS) is 27.6. The number of nitrogens with zero attached hydrogens (tertiary/aromatic N) is 2. The first-order chi connectivity index (χ1) is 12.6. The molecule has 2 unspecified atom stereocenters. The Labute approximate surface area is 155 Å². The van der Waals surface area contributed by atoms with Crippen LogP contribution < -0.4 is 16.0 Å². The van der Waals surface area contributed by atoms with Crippen molar-refractivity contribution in [2.24, 2.45) is 10.4 Å². The van der Waals surface area contributed by atoms with Gasteiger partial charge >= 0.3 is 6.03 Å².